The SMILES string of the molecule is c1ccc(C2=NC(c3ccc4c(c3)sc3ccc(-c5nc(-c6ccccc6)cc(-c6ccccc6)n5)cc34)=NC3c4ccccc4SC23)cc1. The van der Waals surface area contributed by atoms with Gasteiger partial charge in [-0.25, -0.2) is 15.0 Å². The van der Waals surface area contributed by atoms with Gasteiger partial charge in [0.15, 0.2) is 11.7 Å². The average Bonchev–Trinajstić information content (AvgIpc) is 3.76. The van der Waals surface area contributed by atoms with Gasteiger partial charge >= 0.3 is 0 Å². The van der Waals surface area contributed by atoms with Crippen molar-refractivity contribution in [2.75, 3.05) is 0 Å². The van der Waals surface area contributed by atoms with Gasteiger partial charge in [0.25, 0.3) is 0 Å². The summed E-state index contributed by atoms with van der Waals surface area (Å²) < 4.78 is 2.43. The molecule has 6 aromatic carbocycles. The molecule has 4 nitrogen and oxygen atoms in total. The van der Waals surface area contributed by atoms with Crippen molar-refractivity contribution in [1.29, 1.82) is 0 Å². The molecule has 236 valence electrons. The largest absolute Gasteiger partial charge is 0.256 e. The summed E-state index contributed by atoms with van der Waals surface area (Å²) in [6.07, 6.45) is 0. The first-order valence-electron chi connectivity index (χ1n) is 16.7. The van der Waals surface area contributed by atoms with Gasteiger partial charge in [0, 0.05) is 47.3 Å². The number of aliphatic imine (C=N–C) groups is 2. The van der Waals surface area contributed by atoms with Crippen molar-refractivity contribution >= 4 is 54.8 Å². The van der Waals surface area contributed by atoms with Crippen LogP contribution in [0.5, 0.6) is 0 Å². The number of aromatic nitrogens is 2. The van der Waals surface area contributed by atoms with E-state index in [2.05, 4.69) is 121 Å². The monoisotopic (exact) mass is 676 g/mol. The fourth-order valence-electron chi connectivity index (χ4n) is 7.00. The van der Waals surface area contributed by atoms with Gasteiger partial charge in [-0.15, -0.1) is 23.1 Å². The first kappa shape index (κ1) is 29.2. The molecule has 0 amide bonds. The summed E-state index contributed by atoms with van der Waals surface area (Å²) >= 11 is 3.68. The van der Waals surface area contributed by atoms with Crippen molar-refractivity contribution in [2.24, 2.45) is 9.98 Å². The molecule has 6 heteroatoms. The Bertz CT molecular complexity index is 2570. The van der Waals surface area contributed by atoms with Crippen molar-refractivity contribution < 1.29 is 0 Å². The zero-order valence-electron chi connectivity index (χ0n) is 26.8. The molecular formula is C44H28N4S2. The number of rotatable bonds is 5. The third-order valence-electron chi connectivity index (χ3n) is 9.46. The van der Waals surface area contributed by atoms with E-state index in [1.807, 2.05) is 48.2 Å². The van der Waals surface area contributed by atoms with Crippen LogP contribution in [0.2, 0.25) is 0 Å². The molecule has 2 aliphatic heterocycles. The zero-order valence-corrected chi connectivity index (χ0v) is 28.4. The van der Waals surface area contributed by atoms with Gasteiger partial charge in [-0.1, -0.05) is 121 Å². The quantitative estimate of drug-likeness (QED) is 0.182. The lowest BCUT2D eigenvalue weighted by Gasteiger charge is -2.24. The van der Waals surface area contributed by atoms with Crippen LogP contribution in [0, 0.1) is 0 Å². The highest BCUT2D eigenvalue weighted by atomic mass is 32.2. The second kappa shape index (κ2) is 12.0. The molecule has 50 heavy (non-hydrogen) atoms. The van der Waals surface area contributed by atoms with Gasteiger partial charge in [-0.3, -0.25) is 4.99 Å². The van der Waals surface area contributed by atoms with E-state index in [9.17, 15) is 0 Å². The summed E-state index contributed by atoms with van der Waals surface area (Å²) in [5.41, 5.74) is 9.51. The highest BCUT2D eigenvalue weighted by Gasteiger charge is 2.39. The number of benzene rings is 6. The summed E-state index contributed by atoms with van der Waals surface area (Å²) in [6, 6.07) is 55.3. The van der Waals surface area contributed by atoms with Gasteiger partial charge in [0.2, 0.25) is 0 Å². The lowest BCUT2D eigenvalue weighted by atomic mass is 9.95. The lowest BCUT2D eigenvalue weighted by molar-refractivity contribution is 0.773. The van der Waals surface area contributed by atoms with E-state index in [4.69, 9.17) is 20.0 Å². The second-order valence-corrected chi connectivity index (χ2v) is 14.8. The Morgan fingerprint density at radius 1 is 0.480 bits per heavy atom. The van der Waals surface area contributed by atoms with Crippen LogP contribution >= 0.6 is 23.1 Å². The topological polar surface area (TPSA) is 50.5 Å². The number of amidine groups is 1. The fourth-order valence-corrected chi connectivity index (χ4v) is 9.52. The maximum absolute atomic E-state index is 5.31. The molecule has 2 atom stereocenters. The predicted molar refractivity (Wildman–Crippen MR) is 210 cm³/mol. The third-order valence-corrected chi connectivity index (χ3v) is 12.0. The van der Waals surface area contributed by atoms with Gasteiger partial charge in [0.05, 0.1) is 28.4 Å². The highest BCUT2D eigenvalue weighted by molar-refractivity contribution is 8.01. The Morgan fingerprint density at radius 3 is 1.84 bits per heavy atom. The number of hydrogen-bond donors (Lipinski definition) is 0. The van der Waals surface area contributed by atoms with E-state index in [1.54, 1.807) is 11.3 Å². The van der Waals surface area contributed by atoms with E-state index < -0.39 is 0 Å². The Hall–Kier alpha value is -5.69. The minimum atomic E-state index is 0.0343. The van der Waals surface area contributed by atoms with Crippen molar-refractivity contribution in [1.82, 2.24) is 9.97 Å². The molecular weight excluding hydrogens is 649 g/mol. The molecule has 0 saturated carbocycles. The Labute approximate surface area is 298 Å². The Morgan fingerprint density at radius 2 is 1.12 bits per heavy atom. The van der Waals surface area contributed by atoms with E-state index in [-0.39, 0.29) is 11.3 Å². The minimum absolute atomic E-state index is 0.0343. The zero-order chi connectivity index (χ0) is 33.0. The summed E-state index contributed by atoms with van der Waals surface area (Å²) in [7, 11) is 0. The van der Waals surface area contributed by atoms with E-state index in [0.29, 0.717) is 5.82 Å². The average molecular weight is 677 g/mol. The molecule has 4 heterocycles. The van der Waals surface area contributed by atoms with Gasteiger partial charge in [0.1, 0.15) is 0 Å². The van der Waals surface area contributed by atoms with Crippen molar-refractivity contribution in [3.8, 4) is 33.9 Å². The van der Waals surface area contributed by atoms with E-state index in [0.717, 1.165) is 50.8 Å². The van der Waals surface area contributed by atoms with Crippen LogP contribution in [0.3, 0.4) is 0 Å². The van der Waals surface area contributed by atoms with Crippen LogP contribution in [-0.2, 0) is 0 Å². The predicted octanol–water partition coefficient (Wildman–Crippen LogP) is 11.3. The van der Waals surface area contributed by atoms with Crippen LogP contribution in [0.15, 0.2) is 173 Å². The maximum atomic E-state index is 5.31. The summed E-state index contributed by atoms with van der Waals surface area (Å²) in [6.45, 7) is 0. The summed E-state index contributed by atoms with van der Waals surface area (Å²) in [4.78, 5) is 22.0. The lowest BCUT2D eigenvalue weighted by Crippen LogP contribution is -2.28. The molecule has 0 bridgehead atoms. The fraction of sp³-hybridized carbons (Fsp3) is 0.0455. The number of thioether (sulfide) groups is 1. The van der Waals surface area contributed by atoms with Crippen LogP contribution in [0.25, 0.3) is 54.1 Å². The minimum Gasteiger partial charge on any atom is -0.256 e. The highest BCUT2D eigenvalue weighted by Crippen LogP contribution is 2.49. The summed E-state index contributed by atoms with van der Waals surface area (Å²) in [5.74, 6) is 1.51. The standard InChI is InChI=1S/C44H28N4S2/c1-4-12-27(13-5-1)35-26-36(28-14-6-2-7-15-28)46-43(45-35)30-21-23-38-34(24-30)32-22-20-31(25-39(32)49-38)44-47-40(29-16-8-3-9-17-29)42-41(48-44)33-18-10-11-19-37(33)50-42/h1-26,41-42H. The molecule has 2 unspecified atom stereocenters. The van der Waals surface area contributed by atoms with Gasteiger partial charge in [-0.05, 0) is 47.5 Å². The molecule has 0 aliphatic carbocycles. The van der Waals surface area contributed by atoms with Crippen LogP contribution in [0.4, 0.5) is 0 Å². The van der Waals surface area contributed by atoms with Gasteiger partial charge in [-0.2, -0.15) is 0 Å². The molecule has 10 rings (SSSR count). The van der Waals surface area contributed by atoms with E-state index in [1.165, 1.54) is 30.6 Å². The smallest absolute Gasteiger partial charge is 0.160 e. The second-order valence-electron chi connectivity index (χ2n) is 12.6. The Kier molecular flexibility index (Phi) is 7.03. The number of hydrogen-bond acceptors (Lipinski definition) is 6. The van der Waals surface area contributed by atoms with Crippen LogP contribution in [-0.4, -0.2) is 26.8 Å². The molecule has 0 spiro atoms. The molecule has 0 fully saturated rings. The molecule has 0 saturated heterocycles. The number of thiophene rings is 1. The van der Waals surface area contributed by atoms with Gasteiger partial charge < -0.3 is 0 Å². The normalized spacial score (nSPS) is 16.6. The first-order valence-corrected chi connectivity index (χ1v) is 18.4. The molecule has 0 radical (unpaired) electrons. The Balaban J connectivity index is 1.07. The van der Waals surface area contributed by atoms with Crippen molar-refractivity contribution in [3.05, 3.63) is 174 Å². The molecule has 2 aromatic heterocycles. The third kappa shape index (κ3) is 5.07. The molecule has 8 aromatic rings. The van der Waals surface area contributed by atoms with Crippen LogP contribution < -0.4 is 0 Å². The van der Waals surface area contributed by atoms with Crippen LogP contribution in [0.1, 0.15) is 22.7 Å². The van der Waals surface area contributed by atoms with E-state index >= 15 is 0 Å². The number of fused-ring (bicyclic) bond motifs is 6. The van der Waals surface area contributed by atoms with Crippen molar-refractivity contribution in [2.45, 2.75) is 16.2 Å². The maximum Gasteiger partial charge on any atom is 0.160 e. The molecule has 2 aliphatic rings. The van der Waals surface area contributed by atoms with Crippen molar-refractivity contribution in [3.63, 3.8) is 0 Å². The first-order chi connectivity index (χ1) is 24.7. The summed E-state index contributed by atoms with van der Waals surface area (Å²) in [5, 5.41) is 2.57. The number of nitrogens with zero attached hydrogens (tertiary/aromatic N) is 4. The molecule has 0 N–H and O–H groups in total.